The lowest BCUT2D eigenvalue weighted by Crippen LogP contribution is -2.32. The molecule has 7 nitrogen and oxygen atoms in total. The van der Waals surface area contributed by atoms with Crippen LogP contribution in [0, 0.1) is 11.6 Å². The van der Waals surface area contributed by atoms with Crippen LogP contribution in [0.25, 0.3) is 28.0 Å². The van der Waals surface area contributed by atoms with Crippen molar-refractivity contribution in [2.45, 2.75) is 12.5 Å². The van der Waals surface area contributed by atoms with Gasteiger partial charge in [0.15, 0.2) is 5.65 Å². The molecule has 3 heterocycles. The van der Waals surface area contributed by atoms with E-state index in [0.717, 1.165) is 11.1 Å². The lowest BCUT2D eigenvalue weighted by atomic mass is 10.0. The predicted octanol–water partition coefficient (Wildman–Crippen LogP) is 4.77. The average molecular weight is 492 g/mol. The Morgan fingerprint density at radius 2 is 1.77 bits per heavy atom. The molecular weight excluding hydrogens is 472 g/mol. The molecule has 3 aromatic heterocycles. The molecule has 0 aliphatic rings. The van der Waals surface area contributed by atoms with Gasteiger partial charge in [0.1, 0.15) is 18.0 Å². The number of pyridine rings is 1. The van der Waals surface area contributed by atoms with Crippen LogP contribution in [0.1, 0.15) is 5.56 Å². The molecule has 5 aromatic rings. The van der Waals surface area contributed by atoms with E-state index < -0.39 is 5.82 Å². The van der Waals surface area contributed by atoms with Crippen molar-refractivity contribution in [2.24, 2.45) is 5.73 Å². The van der Waals surface area contributed by atoms with E-state index in [1.54, 1.807) is 47.4 Å². The van der Waals surface area contributed by atoms with Gasteiger partial charge in [0.2, 0.25) is 5.95 Å². The SMILES string of the molecule is NC(CNc1nc(-c2ccncc2)c(-c2ccc(F)c(Cl)c2)c2nncn12)Cc1ccc(F)cc1. The third-order valence-electron chi connectivity index (χ3n) is 5.55. The first-order chi connectivity index (χ1) is 17.0. The first-order valence-electron chi connectivity index (χ1n) is 10.8. The predicted molar refractivity (Wildman–Crippen MR) is 131 cm³/mol. The van der Waals surface area contributed by atoms with Crippen LogP contribution in [0.2, 0.25) is 5.02 Å². The van der Waals surface area contributed by atoms with Crippen LogP contribution in [0.5, 0.6) is 0 Å². The molecule has 5 rings (SSSR count). The Kier molecular flexibility index (Phi) is 6.35. The van der Waals surface area contributed by atoms with E-state index in [-0.39, 0.29) is 16.9 Å². The van der Waals surface area contributed by atoms with E-state index in [1.165, 1.54) is 18.2 Å². The summed E-state index contributed by atoms with van der Waals surface area (Å²) < 4.78 is 28.8. The molecule has 0 saturated carbocycles. The maximum atomic E-state index is 13.9. The quantitative estimate of drug-likeness (QED) is 0.341. The van der Waals surface area contributed by atoms with Gasteiger partial charge in [0, 0.05) is 30.5 Å². The molecule has 0 radical (unpaired) electrons. The van der Waals surface area contributed by atoms with Crippen LogP contribution in [-0.2, 0) is 6.42 Å². The summed E-state index contributed by atoms with van der Waals surface area (Å²) in [5.41, 5.74) is 10.5. The molecule has 1 atom stereocenters. The Balaban J connectivity index is 1.53. The summed E-state index contributed by atoms with van der Waals surface area (Å²) in [7, 11) is 0. The normalized spacial score (nSPS) is 12.1. The third kappa shape index (κ3) is 4.82. The minimum absolute atomic E-state index is 0.00480. The maximum absolute atomic E-state index is 13.9. The highest BCUT2D eigenvalue weighted by atomic mass is 35.5. The number of nitrogens with zero attached hydrogens (tertiary/aromatic N) is 5. The Bertz CT molecular complexity index is 1470. The Hall–Kier alpha value is -3.95. The zero-order valence-corrected chi connectivity index (χ0v) is 19.1. The van der Waals surface area contributed by atoms with E-state index in [4.69, 9.17) is 22.3 Å². The number of aromatic nitrogens is 5. The fraction of sp³-hybridized carbons (Fsp3) is 0.120. The number of halogens is 3. The maximum Gasteiger partial charge on any atom is 0.210 e. The fourth-order valence-corrected chi connectivity index (χ4v) is 4.04. The zero-order chi connectivity index (χ0) is 24.4. The standard InChI is InChI=1S/C25H20ClF2N7/c26-20-12-17(3-6-21(20)28)22-23(16-7-9-30-10-8-16)33-25(35-14-32-34-24(22)35)31-13-19(29)11-15-1-4-18(27)5-2-15/h1-10,12,14,19H,11,13,29H2,(H,31,33). The van der Waals surface area contributed by atoms with Gasteiger partial charge in [-0.3, -0.25) is 9.38 Å². The number of fused-ring (bicyclic) bond motifs is 1. The van der Waals surface area contributed by atoms with Gasteiger partial charge in [-0.25, -0.2) is 13.8 Å². The molecule has 2 aromatic carbocycles. The van der Waals surface area contributed by atoms with Crippen LogP contribution in [0.15, 0.2) is 73.3 Å². The fourth-order valence-electron chi connectivity index (χ4n) is 3.86. The summed E-state index contributed by atoms with van der Waals surface area (Å²) in [6.45, 7) is 0.398. The molecular formula is C25H20ClF2N7. The van der Waals surface area contributed by atoms with Crippen molar-refractivity contribution >= 4 is 23.2 Å². The van der Waals surface area contributed by atoms with Gasteiger partial charge in [0.05, 0.1) is 16.3 Å². The lowest BCUT2D eigenvalue weighted by molar-refractivity contribution is 0.625. The number of benzene rings is 2. The molecule has 0 fully saturated rings. The van der Waals surface area contributed by atoms with Gasteiger partial charge in [-0.2, -0.15) is 0 Å². The summed E-state index contributed by atoms with van der Waals surface area (Å²) in [5, 5.41) is 11.7. The molecule has 0 aliphatic carbocycles. The third-order valence-corrected chi connectivity index (χ3v) is 5.84. The summed E-state index contributed by atoms with van der Waals surface area (Å²) in [6, 6.07) is 14.1. The first-order valence-corrected chi connectivity index (χ1v) is 11.2. The van der Waals surface area contributed by atoms with Gasteiger partial charge in [-0.1, -0.05) is 29.8 Å². The average Bonchev–Trinajstić information content (AvgIpc) is 3.36. The molecule has 3 N–H and O–H groups in total. The second-order valence-corrected chi connectivity index (χ2v) is 8.43. The first kappa shape index (κ1) is 22.8. The van der Waals surface area contributed by atoms with E-state index in [2.05, 4.69) is 20.5 Å². The zero-order valence-electron chi connectivity index (χ0n) is 18.4. The van der Waals surface area contributed by atoms with E-state index in [9.17, 15) is 8.78 Å². The minimum atomic E-state index is -0.514. The monoisotopic (exact) mass is 491 g/mol. The molecule has 0 amide bonds. The largest absolute Gasteiger partial charge is 0.354 e. The molecule has 35 heavy (non-hydrogen) atoms. The molecule has 0 saturated heterocycles. The van der Waals surface area contributed by atoms with Gasteiger partial charge in [0.25, 0.3) is 0 Å². The van der Waals surface area contributed by atoms with Crippen LogP contribution in [-0.4, -0.2) is 37.2 Å². The molecule has 10 heteroatoms. The van der Waals surface area contributed by atoms with Crippen molar-refractivity contribution in [3.63, 3.8) is 0 Å². The Morgan fingerprint density at radius 3 is 2.51 bits per heavy atom. The number of rotatable bonds is 7. The van der Waals surface area contributed by atoms with Gasteiger partial charge in [-0.05, 0) is 53.9 Å². The molecule has 0 bridgehead atoms. The molecule has 1 unspecified atom stereocenters. The van der Waals surface area contributed by atoms with Crippen molar-refractivity contribution in [1.29, 1.82) is 0 Å². The summed E-state index contributed by atoms with van der Waals surface area (Å²) in [6.07, 6.45) is 5.43. The highest BCUT2D eigenvalue weighted by molar-refractivity contribution is 6.31. The van der Waals surface area contributed by atoms with E-state index >= 15 is 0 Å². The summed E-state index contributed by atoms with van der Waals surface area (Å²) in [5.74, 6) is -0.311. The second-order valence-electron chi connectivity index (χ2n) is 8.02. The van der Waals surface area contributed by atoms with Gasteiger partial charge < -0.3 is 11.1 Å². The lowest BCUT2D eigenvalue weighted by Gasteiger charge is -2.17. The highest BCUT2D eigenvalue weighted by Crippen LogP contribution is 2.36. The molecule has 0 spiro atoms. The van der Waals surface area contributed by atoms with Crippen LogP contribution in [0.4, 0.5) is 14.7 Å². The Labute approximate surface area is 204 Å². The van der Waals surface area contributed by atoms with Crippen LogP contribution in [0.3, 0.4) is 0 Å². The van der Waals surface area contributed by atoms with E-state index in [1.807, 2.05) is 12.1 Å². The minimum Gasteiger partial charge on any atom is -0.354 e. The number of hydrogen-bond donors (Lipinski definition) is 2. The topological polar surface area (TPSA) is 94.0 Å². The van der Waals surface area contributed by atoms with Crippen molar-refractivity contribution in [2.75, 3.05) is 11.9 Å². The van der Waals surface area contributed by atoms with E-state index in [0.29, 0.717) is 41.4 Å². The van der Waals surface area contributed by atoms with Crippen molar-refractivity contribution in [3.8, 4) is 22.4 Å². The summed E-state index contributed by atoms with van der Waals surface area (Å²) >= 11 is 6.08. The smallest absolute Gasteiger partial charge is 0.210 e. The van der Waals surface area contributed by atoms with Crippen LogP contribution < -0.4 is 11.1 Å². The highest BCUT2D eigenvalue weighted by Gasteiger charge is 2.20. The number of anilines is 1. The second kappa shape index (κ2) is 9.73. The number of nitrogens with two attached hydrogens (primary N) is 1. The van der Waals surface area contributed by atoms with Gasteiger partial charge >= 0.3 is 0 Å². The number of nitrogens with one attached hydrogen (secondary N) is 1. The summed E-state index contributed by atoms with van der Waals surface area (Å²) in [4.78, 5) is 8.96. The van der Waals surface area contributed by atoms with Crippen molar-refractivity contribution in [1.82, 2.24) is 24.6 Å². The number of hydrogen-bond acceptors (Lipinski definition) is 6. The van der Waals surface area contributed by atoms with Crippen molar-refractivity contribution in [3.05, 3.63) is 95.5 Å². The molecule has 0 aliphatic heterocycles. The Morgan fingerprint density at radius 1 is 1.00 bits per heavy atom. The van der Waals surface area contributed by atoms with Crippen LogP contribution >= 0.6 is 11.6 Å². The molecule has 176 valence electrons. The van der Waals surface area contributed by atoms with Gasteiger partial charge in [-0.15, -0.1) is 10.2 Å². The van der Waals surface area contributed by atoms with Crippen molar-refractivity contribution < 1.29 is 8.78 Å².